The van der Waals surface area contributed by atoms with Crippen LogP contribution in [-0.2, 0) is 14.8 Å². The third-order valence-corrected chi connectivity index (χ3v) is 8.10. The Balaban J connectivity index is 1.45. The summed E-state index contributed by atoms with van der Waals surface area (Å²) in [4.78, 5) is -0.294. The smallest absolute Gasteiger partial charge is 0.406 e. The van der Waals surface area contributed by atoms with Crippen molar-refractivity contribution in [3.8, 4) is 5.75 Å². The van der Waals surface area contributed by atoms with Crippen molar-refractivity contribution >= 4 is 55.0 Å². The molecule has 3 atom stereocenters. The van der Waals surface area contributed by atoms with E-state index in [0.29, 0.717) is 10.0 Å². The maximum Gasteiger partial charge on any atom is 0.573 e. The van der Waals surface area contributed by atoms with E-state index in [4.69, 9.17) is 27.9 Å². The third-order valence-electron chi connectivity index (χ3n) is 6.12. The number of aliphatic hydroxyl groups excluding tert-OH is 1. The zero-order valence-corrected chi connectivity index (χ0v) is 21.1. The Labute approximate surface area is 219 Å². The molecule has 5 rings (SSSR count). The van der Waals surface area contributed by atoms with Crippen LogP contribution in [0.4, 0.5) is 13.2 Å². The Hall–Kier alpha value is -2.54. The van der Waals surface area contributed by atoms with Crippen LogP contribution in [-0.4, -0.2) is 49.8 Å². The standard InChI is InChI=1S/C24H19Cl2F3N2O5S/c25-13-1-7-20-17(9-13)18-10-14(26)2-8-21(18)31(20)22-12-35-11-19(23(22)32)30-37(33,34)16-5-3-15(4-6-16)36-24(27,28)29/h1-10,19,22-23,30,32H,11-12H2. The van der Waals surface area contributed by atoms with Gasteiger partial charge in [-0.25, -0.2) is 13.1 Å². The predicted octanol–water partition coefficient (Wildman–Crippen LogP) is 5.28. The normalized spacial score (nSPS) is 21.0. The topological polar surface area (TPSA) is 89.8 Å². The molecule has 0 amide bonds. The Morgan fingerprint density at radius 3 is 2.05 bits per heavy atom. The van der Waals surface area contributed by atoms with Crippen LogP contribution < -0.4 is 9.46 Å². The van der Waals surface area contributed by atoms with Gasteiger partial charge in [-0.2, -0.15) is 0 Å². The van der Waals surface area contributed by atoms with E-state index in [1.165, 1.54) is 0 Å². The molecule has 1 aliphatic rings. The molecule has 1 fully saturated rings. The molecule has 2 heterocycles. The van der Waals surface area contributed by atoms with Gasteiger partial charge in [-0.3, -0.25) is 0 Å². The molecule has 0 spiro atoms. The Morgan fingerprint density at radius 1 is 0.946 bits per heavy atom. The van der Waals surface area contributed by atoms with Crippen LogP contribution in [0.1, 0.15) is 6.04 Å². The molecule has 1 saturated heterocycles. The summed E-state index contributed by atoms with van der Waals surface area (Å²) in [6.45, 7) is -0.00599. The van der Waals surface area contributed by atoms with E-state index in [1.54, 1.807) is 36.4 Å². The second-order valence-electron chi connectivity index (χ2n) is 8.54. The highest BCUT2D eigenvalue weighted by Crippen LogP contribution is 2.37. The summed E-state index contributed by atoms with van der Waals surface area (Å²) < 4.78 is 76.9. The number of alkyl halides is 3. The van der Waals surface area contributed by atoms with Crippen molar-refractivity contribution < 1.29 is 36.2 Å². The van der Waals surface area contributed by atoms with Crippen molar-refractivity contribution in [2.45, 2.75) is 29.4 Å². The lowest BCUT2D eigenvalue weighted by molar-refractivity contribution is -0.274. The number of rotatable bonds is 5. The van der Waals surface area contributed by atoms with Crippen molar-refractivity contribution in [1.29, 1.82) is 0 Å². The zero-order chi connectivity index (χ0) is 26.5. The Bertz CT molecular complexity index is 1520. The van der Waals surface area contributed by atoms with E-state index in [0.717, 1.165) is 46.1 Å². The summed E-state index contributed by atoms with van der Waals surface area (Å²) in [6.07, 6.45) is -6.11. The first-order chi connectivity index (χ1) is 17.4. The second kappa shape index (κ2) is 9.64. The average molecular weight is 575 g/mol. The largest absolute Gasteiger partial charge is 0.573 e. The quantitative estimate of drug-likeness (QED) is 0.338. The number of aliphatic hydroxyl groups is 1. The number of sulfonamides is 1. The predicted molar refractivity (Wildman–Crippen MR) is 133 cm³/mol. The van der Waals surface area contributed by atoms with Crippen LogP contribution in [0.3, 0.4) is 0 Å². The van der Waals surface area contributed by atoms with Gasteiger partial charge in [0.1, 0.15) is 5.75 Å². The fourth-order valence-electron chi connectivity index (χ4n) is 4.56. The van der Waals surface area contributed by atoms with Gasteiger partial charge in [0.05, 0.1) is 36.3 Å². The van der Waals surface area contributed by atoms with Crippen LogP contribution >= 0.6 is 23.2 Å². The highest BCUT2D eigenvalue weighted by molar-refractivity contribution is 7.89. The summed E-state index contributed by atoms with van der Waals surface area (Å²) in [7, 11) is -4.21. The molecule has 3 aromatic carbocycles. The number of hydrogen-bond donors (Lipinski definition) is 2. The summed E-state index contributed by atoms with van der Waals surface area (Å²) >= 11 is 12.4. The van der Waals surface area contributed by atoms with E-state index in [1.807, 2.05) is 4.57 Å². The summed E-state index contributed by atoms with van der Waals surface area (Å²) in [5, 5.41) is 13.9. The van der Waals surface area contributed by atoms with Crippen LogP contribution in [0.25, 0.3) is 21.8 Å². The van der Waals surface area contributed by atoms with Crippen LogP contribution in [0.5, 0.6) is 5.75 Å². The first kappa shape index (κ1) is 26.1. The third kappa shape index (κ3) is 5.25. The number of nitrogens with one attached hydrogen (secondary N) is 1. The molecule has 7 nitrogen and oxygen atoms in total. The monoisotopic (exact) mass is 574 g/mol. The van der Waals surface area contributed by atoms with Gasteiger partial charge in [0.25, 0.3) is 0 Å². The van der Waals surface area contributed by atoms with Gasteiger partial charge in [-0.05, 0) is 60.7 Å². The number of nitrogens with zero attached hydrogens (tertiary/aromatic N) is 1. The van der Waals surface area contributed by atoms with E-state index in [-0.39, 0.29) is 18.1 Å². The number of hydrogen-bond acceptors (Lipinski definition) is 5. The van der Waals surface area contributed by atoms with Crippen molar-refractivity contribution in [3.05, 3.63) is 70.7 Å². The summed E-state index contributed by atoms with van der Waals surface area (Å²) in [5.74, 6) is -0.556. The van der Waals surface area contributed by atoms with E-state index in [9.17, 15) is 26.7 Å². The lowest BCUT2D eigenvalue weighted by atomic mass is 10.0. The molecule has 1 aliphatic heterocycles. The minimum Gasteiger partial charge on any atom is -0.406 e. The lowest BCUT2D eigenvalue weighted by Gasteiger charge is -2.36. The van der Waals surface area contributed by atoms with Gasteiger partial charge in [-0.1, -0.05) is 23.2 Å². The van der Waals surface area contributed by atoms with E-state index >= 15 is 0 Å². The molecule has 2 N–H and O–H groups in total. The van der Waals surface area contributed by atoms with Crippen molar-refractivity contribution in [2.24, 2.45) is 0 Å². The number of halogens is 5. The van der Waals surface area contributed by atoms with Crippen molar-refractivity contribution in [3.63, 3.8) is 0 Å². The SMILES string of the molecule is O=S(=O)(NC1COCC(n2c3ccc(Cl)cc3c3cc(Cl)ccc32)C1O)c1ccc(OC(F)(F)F)cc1. The number of fused-ring (bicyclic) bond motifs is 3. The number of benzene rings is 3. The highest BCUT2D eigenvalue weighted by Gasteiger charge is 2.38. The molecule has 4 aromatic rings. The minimum absolute atomic E-state index is 0.104. The summed E-state index contributed by atoms with van der Waals surface area (Å²) in [6, 6.07) is 12.6. The molecule has 37 heavy (non-hydrogen) atoms. The fraction of sp³-hybridized carbons (Fsp3) is 0.250. The molecule has 0 aliphatic carbocycles. The highest BCUT2D eigenvalue weighted by atomic mass is 35.5. The van der Waals surface area contributed by atoms with Crippen molar-refractivity contribution in [1.82, 2.24) is 9.29 Å². The second-order valence-corrected chi connectivity index (χ2v) is 11.1. The van der Waals surface area contributed by atoms with Gasteiger partial charge in [0, 0.05) is 31.9 Å². The molecule has 13 heteroatoms. The summed E-state index contributed by atoms with van der Waals surface area (Å²) in [5.41, 5.74) is 1.50. The average Bonchev–Trinajstić information content (AvgIpc) is 3.12. The number of ether oxygens (including phenoxy) is 2. The van der Waals surface area contributed by atoms with Gasteiger partial charge in [0.2, 0.25) is 10.0 Å². The van der Waals surface area contributed by atoms with E-state index in [2.05, 4.69) is 9.46 Å². The molecule has 0 radical (unpaired) electrons. The first-order valence-corrected chi connectivity index (χ1v) is 13.2. The minimum atomic E-state index is -4.90. The number of aromatic nitrogens is 1. The Kier molecular flexibility index (Phi) is 6.80. The van der Waals surface area contributed by atoms with Crippen molar-refractivity contribution in [2.75, 3.05) is 13.2 Å². The zero-order valence-electron chi connectivity index (χ0n) is 18.7. The van der Waals surface area contributed by atoms with Gasteiger partial charge in [0.15, 0.2) is 0 Å². The lowest BCUT2D eigenvalue weighted by Crippen LogP contribution is -2.53. The Morgan fingerprint density at radius 2 is 1.51 bits per heavy atom. The molecular formula is C24H19Cl2F3N2O5S. The fourth-order valence-corrected chi connectivity index (χ4v) is 6.14. The van der Waals surface area contributed by atoms with Crippen LogP contribution in [0.2, 0.25) is 10.0 Å². The first-order valence-electron chi connectivity index (χ1n) is 11.0. The molecule has 1 aromatic heterocycles. The van der Waals surface area contributed by atoms with Gasteiger partial charge < -0.3 is 19.1 Å². The maximum absolute atomic E-state index is 13.0. The molecule has 3 unspecified atom stereocenters. The molecule has 0 bridgehead atoms. The van der Waals surface area contributed by atoms with Crippen LogP contribution in [0.15, 0.2) is 65.6 Å². The van der Waals surface area contributed by atoms with Gasteiger partial charge >= 0.3 is 6.36 Å². The maximum atomic E-state index is 13.0. The molecule has 196 valence electrons. The van der Waals surface area contributed by atoms with E-state index < -0.39 is 40.3 Å². The molecule has 0 saturated carbocycles. The van der Waals surface area contributed by atoms with Crippen LogP contribution in [0, 0.1) is 0 Å². The van der Waals surface area contributed by atoms with Gasteiger partial charge in [-0.15, -0.1) is 13.2 Å². The molecular weight excluding hydrogens is 556 g/mol.